The van der Waals surface area contributed by atoms with Crippen LogP contribution in [0.25, 0.3) is 10.9 Å². The number of fused-ring (bicyclic) bond motifs is 1. The van der Waals surface area contributed by atoms with Gasteiger partial charge in [-0.25, -0.2) is 19.2 Å². The molecule has 0 unspecified atom stereocenters. The molecule has 2 aromatic carbocycles. The van der Waals surface area contributed by atoms with Gasteiger partial charge in [-0.05, 0) is 37.1 Å². The number of carbonyl (C=O) groups excluding carboxylic acids is 1. The van der Waals surface area contributed by atoms with Crippen LogP contribution in [0, 0.1) is 5.82 Å². The number of amides is 2. The Labute approximate surface area is 220 Å². The van der Waals surface area contributed by atoms with Crippen LogP contribution in [0.15, 0.2) is 36.7 Å². The molecule has 0 atom stereocenters. The highest BCUT2D eigenvalue weighted by Crippen LogP contribution is 2.36. The van der Waals surface area contributed by atoms with Crippen LogP contribution < -0.4 is 14.8 Å². The molecular weight excluding hydrogens is 499 g/mol. The second-order valence-electron chi connectivity index (χ2n) is 9.35. The standard InChI is InChI=1S/C26H30ClFN6O3/c1-32-9-11-34(26(32)35)12-10-33-7-5-18(6-8-33)37-24-14-19-22(15-23(24)36-2)29-16-30-25(19)31-17-3-4-21(28)20(27)13-17/h3-4,13-16,18H,5-12H2,1-2H3,(H,29,30,31). The minimum absolute atomic E-state index is 0.0276. The number of hydrogen-bond acceptors (Lipinski definition) is 7. The van der Waals surface area contributed by atoms with Gasteiger partial charge in [-0.2, -0.15) is 0 Å². The van der Waals surface area contributed by atoms with E-state index >= 15 is 0 Å². The summed E-state index contributed by atoms with van der Waals surface area (Å²) in [5.41, 5.74) is 1.30. The van der Waals surface area contributed by atoms with E-state index in [0.717, 1.165) is 57.5 Å². The van der Waals surface area contributed by atoms with Gasteiger partial charge in [0.05, 0.1) is 17.6 Å². The number of methoxy groups -OCH3 is 1. The molecule has 2 amide bonds. The Morgan fingerprint density at radius 2 is 1.89 bits per heavy atom. The molecule has 2 saturated heterocycles. The number of aromatic nitrogens is 2. The van der Waals surface area contributed by atoms with Crippen LogP contribution in [0.4, 0.5) is 20.7 Å². The fraction of sp³-hybridized carbons (Fsp3) is 0.423. The van der Waals surface area contributed by atoms with Crippen molar-refractivity contribution in [2.75, 3.05) is 58.7 Å². The predicted molar refractivity (Wildman–Crippen MR) is 140 cm³/mol. The molecule has 0 aliphatic carbocycles. The summed E-state index contributed by atoms with van der Waals surface area (Å²) in [5, 5.41) is 3.97. The van der Waals surface area contributed by atoms with Crippen LogP contribution in [0.1, 0.15) is 12.8 Å². The first kappa shape index (κ1) is 25.3. The summed E-state index contributed by atoms with van der Waals surface area (Å²) in [6.07, 6.45) is 3.25. The largest absolute Gasteiger partial charge is 0.493 e. The highest BCUT2D eigenvalue weighted by Gasteiger charge is 2.27. The number of halogens is 2. The molecule has 0 spiro atoms. The van der Waals surface area contributed by atoms with E-state index in [1.165, 1.54) is 18.5 Å². The first-order valence-electron chi connectivity index (χ1n) is 12.3. The third kappa shape index (κ3) is 5.65. The molecule has 2 fully saturated rings. The molecule has 37 heavy (non-hydrogen) atoms. The van der Waals surface area contributed by atoms with E-state index in [1.807, 2.05) is 24.1 Å². The molecule has 196 valence electrons. The fourth-order valence-electron chi connectivity index (χ4n) is 4.73. The number of anilines is 2. The van der Waals surface area contributed by atoms with Crippen molar-refractivity contribution in [3.63, 3.8) is 0 Å². The van der Waals surface area contributed by atoms with Gasteiger partial charge < -0.3 is 29.5 Å². The smallest absolute Gasteiger partial charge is 0.319 e. The SMILES string of the molecule is COc1cc2ncnc(Nc3ccc(F)c(Cl)c3)c2cc1OC1CCN(CCN2CCN(C)C2=O)CC1. The van der Waals surface area contributed by atoms with Gasteiger partial charge in [-0.15, -0.1) is 0 Å². The Hall–Kier alpha value is -3.37. The Bertz CT molecular complexity index is 1290. The first-order valence-corrected chi connectivity index (χ1v) is 12.7. The maximum atomic E-state index is 13.6. The minimum atomic E-state index is -0.483. The average Bonchev–Trinajstić information content (AvgIpc) is 3.22. The Kier molecular flexibility index (Phi) is 7.48. The summed E-state index contributed by atoms with van der Waals surface area (Å²) < 4.78 is 25.6. The number of likely N-dealkylation sites (tertiary alicyclic amines) is 1. The number of rotatable bonds is 8. The molecule has 9 nitrogen and oxygen atoms in total. The number of likely N-dealkylation sites (N-methyl/N-ethyl adjacent to an activating group) is 1. The predicted octanol–water partition coefficient (Wildman–Crippen LogP) is 4.39. The van der Waals surface area contributed by atoms with Gasteiger partial charge in [-0.1, -0.05) is 11.6 Å². The van der Waals surface area contributed by atoms with Crippen LogP contribution in [-0.2, 0) is 0 Å². The zero-order valence-corrected chi connectivity index (χ0v) is 21.7. The maximum Gasteiger partial charge on any atom is 0.319 e. The Balaban J connectivity index is 1.26. The number of benzene rings is 2. The van der Waals surface area contributed by atoms with Gasteiger partial charge in [0, 0.05) is 63.5 Å². The van der Waals surface area contributed by atoms with Gasteiger partial charge >= 0.3 is 6.03 Å². The minimum Gasteiger partial charge on any atom is -0.493 e. The number of carbonyl (C=O) groups is 1. The quantitative estimate of drug-likeness (QED) is 0.464. The highest BCUT2D eigenvalue weighted by atomic mass is 35.5. The molecule has 2 aliphatic rings. The number of ether oxygens (including phenoxy) is 2. The fourth-order valence-corrected chi connectivity index (χ4v) is 4.91. The van der Waals surface area contributed by atoms with Crippen LogP contribution in [0.3, 0.4) is 0 Å². The van der Waals surface area contributed by atoms with Crippen molar-refractivity contribution in [3.05, 3.63) is 47.5 Å². The van der Waals surface area contributed by atoms with Crippen molar-refractivity contribution in [3.8, 4) is 11.5 Å². The summed E-state index contributed by atoms with van der Waals surface area (Å²) in [6.45, 7) is 5.01. The van der Waals surface area contributed by atoms with E-state index in [9.17, 15) is 9.18 Å². The summed E-state index contributed by atoms with van der Waals surface area (Å²) in [5.74, 6) is 1.29. The normalized spacial score (nSPS) is 17.0. The van der Waals surface area contributed by atoms with Crippen LogP contribution in [0.2, 0.25) is 5.02 Å². The molecule has 1 N–H and O–H groups in total. The van der Waals surface area contributed by atoms with E-state index in [-0.39, 0.29) is 17.2 Å². The number of hydrogen-bond donors (Lipinski definition) is 1. The number of nitrogens with one attached hydrogen (secondary N) is 1. The zero-order chi connectivity index (χ0) is 25.9. The average molecular weight is 529 g/mol. The maximum absolute atomic E-state index is 13.6. The highest BCUT2D eigenvalue weighted by molar-refractivity contribution is 6.31. The topological polar surface area (TPSA) is 83.1 Å². The van der Waals surface area contributed by atoms with E-state index < -0.39 is 5.82 Å². The zero-order valence-electron chi connectivity index (χ0n) is 20.9. The Morgan fingerprint density at radius 1 is 1.08 bits per heavy atom. The van der Waals surface area contributed by atoms with Crippen molar-refractivity contribution in [2.24, 2.45) is 0 Å². The lowest BCUT2D eigenvalue weighted by Crippen LogP contribution is -2.43. The van der Waals surface area contributed by atoms with Crippen molar-refractivity contribution < 1.29 is 18.7 Å². The van der Waals surface area contributed by atoms with Crippen LogP contribution >= 0.6 is 11.6 Å². The van der Waals surface area contributed by atoms with Gasteiger partial charge in [0.25, 0.3) is 0 Å². The summed E-state index contributed by atoms with van der Waals surface area (Å²) >= 11 is 5.94. The molecule has 0 radical (unpaired) electrons. The third-order valence-electron chi connectivity index (χ3n) is 6.92. The molecule has 3 aromatic rings. The molecule has 3 heterocycles. The van der Waals surface area contributed by atoms with Gasteiger partial charge in [0.2, 0.25) is 0 Å². The molecule has 0 saturated carbocycles. The van der Waals surface area contributed by atoms with Gasteiger partial charge in [0.1, 0.15) is 24.1 Å². The lowest BCUT2D eigenvalue weighted by Gasteiger charge is -2.33. The summed E-state index contributed by atoms with van der Waals surface area (Å²) in [6, 6.07) is 8.23. The van der Waals surface area contributed by atoms with E-state index in [2.05, 4.69) is 20.2 Å². The van der Waals surface area contributed by atoms with Crippen molar-refractivity contribution in [1.29, 1.82) is 0 Å². The van der Waals surface area contributed by atoms with E-state index in [1.54, 1.807) is 18.1 Å². The van der Waals surface area contributed by atoms with Gasteiger partial charge in [-0.3, -0.25) is 0 Å². The number of piperidine rings is 1. The summed E-state index contributed by atoms with van der Waals surface area (Å²) in [4.78, 5) is 26.9. The molecule has 11 heteroatoms. The second-order valence-corrected chi connectivity index (χ2v) is 9.75. The molecule has 0 bridgehead atoms. The van der Waals surface area contributed by atoms with E-state index in [4.69, 9.17) is 21.1 Å². The van der Waals surface area contributed by atoms with Crippen molar-refractivity contribution in [1.82, 2.24) is 24.7 Å². The molecule has 2 aliphatic heterocycles. The first-order chi connectivity index (χ1) is 17.9. The second kappa shape index (κ2) is 10.9. The third-order valence-corrected chi connectivity index (χ3v) is 7.21. The molecule has 5 rings (SSSR count). The van der Waals surface area contributed by atoms with E-state index in [0.29, 0.717) is 28.5 Å². The van der Waals surface area contributed by atoms with Crippen LogP contribution in [-0.4, -0.2) is 90.2 Å². The Morgan fingerprint density at radius 3 is 2.59 bits per heavy atom. The monoisotopic (exact) mass is 528 g/mol. The van der Waals surface area contributed by atoms with Gasteiger partial charge in [0.15, 0.2) is 11.5 Å². The number of nitrogens with zero attached hydrogens (tertiary/aromatic N) is 5. The number of urea groups is 1. The molecule has 1 aromatic heterocycles. The van der Waals surface area contributed by atoms with Crippen molar-refractivity contribution in [2.45, 2.75) is 18.9 Å². The van der Waals surface area contributed by atoms with Crippen molar-refractivity contribution >= 4 is 40.0 Å². The summed E-state index contributed by atoms with van der Waals surface area (Å²) in [7, 11) is 3.45. The lowest BCUT2D eigenvalue weighted by molar-refractivity contribution is 0.0938. The van der Waals surface area contributed by atoms with Crippen LogP contribution in [0.5, 0.6) is 11.5 Å². The lowest BCUT2D eigenvalue weighted by atomic mass is 10.1. The molecular formula is C26H30ClFN6O3.